The maximum absolute atomic E-state index is 12.0. The number of hydrogen-bond donors (Lipinski definition) is 0. The molecule has 19 heavy (non-hydrogen) atoms. The van der Waals surface area contributed by atoms with Crippen molar-refractivity contribution in [3.05, 3.63) is 59.7 Å². The zero-order valence-electron chi connectivity index (χ0n) is 10.2. The zero-order valence-corrected chi connectivity index (χ0v) is 11.0. The second kappa shape index (κ2) is 6.14. The second-order valence-electron chi connectivity index (χ2n) is 3.66. The fraction of sp³-hybridized carbons (Fsp3) is 0.167. The summed E-state index contributed by atoms with van der Waals surface area (Å²) in [6, 6.07) is 5.45. The Kier molecular flexibility index (Phi) is 4.82. The molecule has 0 aliphatic rings. The standard InChI is InChI=1S/C12H14N2O4S/c1-3-8-13(19(17,18)9-4-2)11-6-5-7-12(10-11)14(15)16/h3-7,10H,1-2,8-9H2. The number of benzene rings is 1. The molecule has 0 unspecified atom stereocenters. The van der Waals surface area contributed by atoms with E-state index in [9.17, 15) is 18.5 Å². The molecule has 102 valence electrons. The highest BCUT2D eigenvalue weighted by molar-refractivity contribution is 7.92. The average molecular weight is 282 g/mol. The molecule has 0 saturated heterocycles. The average Bonchev–Trinajstić information content (AvgIpc) is 2.35. The van der Waals surface area contributed by atoms with Gasteiger partial charge in [-0.25, -0.2) is 8.42 Å². The van der Waals surface area contributed by atoms with Crippen molar-refractivity contribution in [3.8, 4) is 0 Å². The number of anilines is 1. The molecule has 0 aliphatic heterocycles. The monoisotopic (exact) mass is 282 g/mol. The van der Waals surface area contributed by atoms with E-state index in [0.717, 1.165) is 4.31 Å². The lowest BCUT2D eigenvalue weighted by molar-refractivity contribution is -0.384. The molecule has 0 saturated carbocycles. The molecule has 1 rings (SSSR count). The molecule has 0 aliphatic carbocycles. The summed E-state index contributed by atoms with van der Waals surface area (Å²) in [6.45, 7) is 6.92. The van der Waals surface area contributed by atoms with E-state index in [0.29, 0.717) is 0 Å². The fourth-order valence-electron chi connectivity index (χ4n) is 1.50. The van der Waals surface area contributed by atoms with Crippen molar-refractivity contribution >= 4 is 21.4 Å². The third-order valence-corrected chi connectivity index (χ3v) is 3.98. The molecule has 0 aromatic heterocycles. The van der Waals surface area contributed by atoms with Gasteiger partial charge in [0.05, 0.1) is 22.9 Å². The maximum Gasteiger partial charge on any atom is 0.271 e. The summed E-state index contributed by atoms with van der Waals surface area (Å²) in [7, 11) is -3.61. The Morgan fingerprint density at radius 3 is 2.53 bits per heavy atom. The highest BCUT2D eigenvalue weighted by Crippen LogP contribution is 2.23. The first-order valence-corrected chi connectivity index (χ1v) is 7.00. The summed E-state index contributed by atoms with van der Waals surface area (Å²) in [4.78, 5) is 10.1. The van der Waals surface area contributed by atoms with Crippen LogP contribution in [0, 0.1) is 10.1 Å². The van der Waals surface area contributed by atoms with Crippen molar-refractivity contribution in [2.24, 2.45) is 0 Å². The summed E-state index contributed by atoms with van der Waals surface area (Å²) in [6.07, 6.45) is 2.68. The smallest absolute Gasteiger partial charge is 0.266 e. The van der Waals surface area contributed by atoms with E-state index >= 15 is 0 Å². The van der Waals surface area contributed by atoms with Gasteiger partial charge in [0.25, 0.3) is 5.69 Å². The molecule has 0 spiro atoms. The van der Waals surface area contributed by atoms with Gasteiger partial charge >= 0.3 is 0 Å². The van der Waals surface area contributed by atoms with Gasteiger partial charge in [-0.3, -0.25) is 14.4 Å². The Hall–Kier alpha value is -2.15. The van der Waals surface area contributed by atoms with Crippen LogP contribution >= 0.6 is 0 Å². The van der Waals surface area contributed by atoms with Gasteiger partial charge in [0.2, 0.25) is 10.0 Å². The minimum atomic E-state index is -3.61. The molecular formula is C12H14N2O4S. The lowest BCUT2D eigenvalue weighted by atomic mass is 10.3. The quantitative estimate of drug-likeness (QED) is 0.436. The van der Waals surface area contributed by atoms with Crippen LogP contribution in [0.15, 0.2) is 49.6 Å². The van der Waals surface area contributed by atoms with Crippen molar-refractivity contribution in [1.82, 2.24) is 0 Å². The van der Waals surface area contributed by atoms with Crippen LogP contribution in [0.2, 0.25) is 0 Å². The van der Waals surface area contributed by atoms with Gasteiger partial charge in [0, 0.05) is 12.1 Å². The molecule has 0 heterocycles. The number of hydrogen-bond acceptors (Lipinski definition) is 4. The van der Waals surface area contributed by atoms with Crippen molar-refractivity contribution < 1.29 is 13.3 Å². The lowest BCUT2D eigenvalue weighted by Crippen LogP contribution is -2.32. The Morgan fingerprint density at radius 1 is 1.32 bits per heavy atom. The highest BCUT2D eigenvalue weighted by Gasteiger charge is 2.21. The van der Waals surface area contributed by atoms with E-state index in [-0.39, 0.29) is 23.7 Å². The number of non-ortho nitro benzene ring substituents is 1. The molecule has 0 radical (unpaired) electrons. The molecule has 0 N–H and O–H groups in total. The Labute approximate surface area is 111 Å². The largest absolute Gasteiger partial charge is 0.271 e. The molecule has 1 aromatic rings. The van der Waals surface area contributed by atoms with Gasteiger partial charge in [-0.05, 0) is 6.07 Å². The molecule has 0 bridgehead atoms. The van der Waals surface area contributed by atoms with Crippen molar-refractivity contribution in [2.45, 2.75) is 0 Å². The van der Waals surface area contributed by atoms with Gasteiger partial charge in [-0.2, -0.15) is 0 Å². The van der Waals surface area contributed by atoms with Crippen LogP contribution in [0.4, 0.5) is 11.4 Å². The summed E-state index contributed by atoms with van der Waals surface area (Å²) < 4.78 is 25.1. The Bertz CT molecular complexity index is 596. The Balaban J connectivity index is 3.26. The summed E-state index contributed by atoms with van der Waals surface area (Å²) >= 11 is 0. The van der Waals surface area contributed by atoms with E-state index in [2.05, 4.69) is 13.2 Å². The fourth-order valence-corrected chi connectivity index (χ4v) is 2.74. The SMILES string of the molecule is C=CCN(c1cccc([N+](=O)[O-])c1)S(=O)(=O)CC=C. The van der Waals surface area contributed by atoms with Crippen LogP contribution in [0.3, 0.4) is 0 Å². The van der Waals surface area contributed by atoms with Crippen LogP contribution in [-0.2, 0) is 10.0 Å². The highest BCUT2D eigenvalue weighted by atomic mass is 32.2. The number of nitrogens with zero attached hydrogens (tertiary/aromatic N) is 2. The van der Waals surface area contributed by atoms with E-state index < -0.39 is 14.9 Å². The first-order valence-electron chi connectivity index (χ1n) is 5.39. The predicted molar refractivity (Wildman–Crippen MR) is 74.6 cm³/mol. The van der Waals surface area contributed by atoms with Crippen LogP contribution in [0.1, 0.15) is 0 Å². The van der Waals surface area contributed by atoms with Crippen molar-refractivity contribution in [1.29, 1.82) is 0 Å². The van der Waals surface area contributed by atoms with Gasteiger partial charge in [-0.15, -0.1) is 13.2 Å². The van der Waals surface area contributed by atoms with Crippen LogP contribution in [0.25, 0.3) is 0 Å². The predicted octanol–water partition coefficient (Wildman–Crippen LogP) is 2.10. The summed E-state index contributed by atoms with van der Waals surface area (Å²) in [5, 5.41) is 10.7. The normalized spacial score (nSPS) is 10.7. The van der Waals surface area contributed by atoms with E-state index in [1.165, 1.54) is 36.4 Å². The number of sulfonamides is 1. The number of nitro groups is 1. The zero-order chi connectivity index (χ0) is 14.5. The van der Waals surface area contributed by atoms with Gasteiger partial charge in [-0.1, -0.05) is 18.2 Å². The first kappa shape index (κ1) is 14.9. The van der Waals surface area contributed by atoms with Crippen LogP contribution in [-0.4, -0.2) is 25.6 Å². The molecule has 7 heteroatoms. The lowest BCUT2D eigenvalue weighted by Gasteiger charge is -2.22. The minimum absolute atomic E-state index is 0.0390. The third-order valence-electron chi connectivity index (χ3n) is 2.29. The van der Waals surface area contributed by atoms with Gasteiger partial charge in [0.15, 0.2) is 0 Å². The topological polar surface area (TPSA) is 80.5 Å². The third kappa shape index (κ3) is 3.65. The maximum atomic E-state index is 12.0. The Morgan fingerprint density at radius 2 is 2.00 bits per heavy atom. The second-order valence-corrected chi connectivity index (χ2v) is 5.60. The van der Waals surface area contributed by atoms with Gasteiger partial charge in [0.1, 0.15) is 0 Å². The first-order chi connectivity index (χ1) is 8.92. The van der Waals surface area contributed by atoms with Crippen molar-refractivity contribution in [2.75, 3.05) is 16.6 Å². The van der Waals surface area contributed by atoms with Crippen molar-refractivity contribution in [3.63, 3.8) is 0 Å². The van der Waals surface area contributed by atoms with Gasteiger partial charge < -0.3 is 0 Å². The van der Waals surface area contributed by atoms with E-state index in [1.54, 1.807) is 0 Å². The summed E-state index contributed by atoms with van der Waals surface area (Å²) in [5.41, 5.74) is 0.0660. The molecule has 0 atom stereocenters. The summed E-state index contributed by atoms with van der Waals surface area (Å²) in [5.74, 6) is -0.246. The number of nitro benzene ring substituents is 1. The molecule has 6 nitrogen and oxygen atoms in total. The van der Waals surface area contributed by atoms with E-state index in [1.807, 2.05) is 0 Å². The van der Waals surface area contributed by atoms with Crippen LogP contribution in [0.5, 0.6) is 0 Å². The molecule has 0 amide bonds. The minimum Gasteiger partial charge on any atom is -0.266 e. The molecular weight excluding hydrogens is 268 g/mol. The molecule has 0 fully saturated rings. The number of rotatable bonds is 7. The van der Waals surface area contributed by atoms with E-state index in [4.69, 9.17) is 0 Å². The molecule has 1 aromatic carbocycles. The van der Waals surface area contributed by atoms with Crippen LogP contribution < -0.4 is 4.31 Å².